The number of pyridine rings is 1. The van der Waals surface area contributed by atoms with Crippen LogP contribution in [-0.2, 0) is 22.2 Å². The van der Waals surface area contributed by atoms with Gasteiger partial charge >= 0.3 is 0 Å². The molecule has 3 aromatic rings. The number of nitrogens with zero attached hydrogens (tertiary/aromatic N) is 1. The molecule has 2 aliphatic carbocycles. The average Bonchev–Trinajstić information content (AvgIpc) is 3.74. The monoisotopic (exact) mass is 606 g/mol. The highest BCUT2D eigenvalue weighted by molar-refractivity contribution is 5.85. The lowest BCUT2D eigenvalue weighted by atomic mass is 9.91. The summed E-state index contributed by atoms with van der Waals surface area (Å²) in [7, 11) is 3.30. The fourth-order valence-corrected chi connectivity index (χ4v) is 6.00. The zero-order valence-corrected chi connectivity index (χ0v) is 26.5. The Balaban J connectivity index is 1.43. The van der Waals surface area contributed by atoms with Gasteiger partial charge in [-0.2, -0.15) is 0 Å². The van der Waals surface area contributed by atoms with Gasteiger partial charge in [0.05, 0.1) is 23.7 Å². The maximum Gasteiger partial charge on any atom is 0.254 e. The van der Waals surface area contributed by atoms with Gasteiger partial charge in [-0.3, -0.25) is 9.59 Å². The van der Waals surface area contributed by atoms with Crippen molar-refractivity contribution >= 4 is 5.91 Å². The van der Waals surface area contributed by atoms with Gasteiger partial charge in [0, 0.05) is 43.6 Å². The second-order valence-electron chi connectivity index (χ2n) is 13.0. The molecule has 0 unspecified atom stereocenters. The Bertz CT molecular complexity index is 1570. The van der Waals surface area contributed by atoms with E-state index in [-0.39, 0.29) is 34.8 Å². The molecule has 2 aromatic carbocycles. The van der Waals surface area contributed by atoms with Crippen molar-refractivity contribution in [3.63, 3.8) is 0 Å². The summed E-state index contributed by atoms with van der Waals surface area (Å²) in [6, 6.07) is 9.83. The van der Waals surface area contributed by atoms with Crippen LogP contribution < -0.4 is 20.3 Å². The van der Waals surface area contributed by atoms with Crippen molar-refractivity contribution in [2.24, 2.45) is 12.5 Å². The number of halogens is 1. The van der Waals surface area contributed by atoms with Crippen molar-refractivity contribution < 1.29 is 28.5 Å². The lowest BCUT2D eigenvalue weighted by Crippen LogP contribution is -2.44. The number of aromatic nitrogens is 1. The number of carbonyl (C=O) groups is 1. The van der Waals surface area contributed by atoms with Gasteiger partial charge in [0.15, 0.2) is 0 Å². The summed E-state index contributed by atoms with van der Waals surface area (Å²) in [6.45, 7) is 7.44. The van der Waals surface area contributed by atoms with Gasteiger partial charge < -0.3 is 29.2 Å². The zero-order chi connectivity index (χ0) is 31.8. The van der Waals surface area contributed by atoms with Crippen LogP contribution in [0.3, 0.4) is 0 Å². The van der Waals surface area contributed by atoms with Crippen LogP contribution in [0.2, 0.25) is 0 Å². The average molecular weight is 607 g/mol. The van der Waals surface area contributed by atoms with Crippen LogP contribution in [0, 0.1) is 25.1 Å². The molecule has 5 rings (SSSR count). The van der Waals surface area contributed by atoms with Gasteiger partial charge in [0.1, 0.15) is 23.1 Å². The maximum atomic E-state index is 14.0. The first-order chi connectivity index (χ1) is 20.8. The maximum absolute atomic E-state index is 14.0. The van der Waals surface area contributed by atoms with Gasteiger partial charge in [-0.1, -0.05) is 6.07 Å². The summed E-state index contributed by atoms with van der Waals surface area (Å²) in [5, 5.41) is 14.1. The molecule has 0 atom stereocenters. The second-order valence-corrected chi connectivity index (χ2v) is 13.0. The Kier molecular flexibility index (Phi) is 8.92. The fourth-order valence-electron chi connectivity index (χ4n) is 6.00. The minimum Gasteiger partial charge on any atom is -0.490 e. The van der Waals surface area contributed by atoms with Crippen LogP contribution in [0.25, 0.3) is 11.1 Å². The zero-order valence-electron chi connectivity index (χ0n) is 26.5. The van der Waals surface area contributed by atoms with Crippen molar-refractivity contribution in [3.05, 3.63) is 75.5 Å². The smallest absolute Gasteiger partial charge is 0.254 e. The van der Waals surface area contributed by atoms with Gasteiger partial charge in [-0.15, -0.1) is 0 Å². The fraction of sp³-hybridized carbons (Fsp3) is 0.486. The van der Waals surface area contributed by atoms with Gasteiger partial charge in [0.25, 0.3) is 5.56 Å². The molecule has 2 N–H and O–H groups in total. The van der Waals surface area contributed by atoms with E-state index in [1.165, 1.54) is 22.8 Å². The van der Waals surface area contributed by atoms with E-state index in [1.807, 2.05) is 6.07 Å². The summed E-state index contributed by atoms with van der Waals surface area (Å²) in [4.78, 5) is 25.7. The molecular weight excluding hydrogens is 563 g/mol. The summed E-state index contributed by atoms with van der Waals surface area (Å²) in [6.07, 6.45) is 6.27. The van der Waals surface area contributed by atoms with Crippen molar-refractivity contribution in [2.45, 2.75) is 84.0 Å². The third-order valence-electron chi connectivity index (χ3n) is 8.86. The largest absolute Gasteiger partial charge is 0.490 e. The number of aliphatic hydroxyl groups is 1. The Hall–Kier alpha value is -3.69. The standard InChI is InChI=1S/C35H43FN2O6/c1-21-15-24(36)16-22(2)32(21)44-29-12-7-23(34(3,4)41)17-27(29)28-19-38(5)31(39)18-30(28)43-26-10-8-25(9-11-26)37-33(40)35(13-14-35)20-42-6/h7,12,15-19,25-26,41H,8-11,13-14,20H2,1-6H3,(H,37,40). The molecule has 9 heteroatoms. The quantitative estimate of drug-likeness (QED) is 0.291. The highest BCUT2D eigenvalue weighted by Gasteiger charge is 2.50. The number of nitrogens with one attached hydrogen (secondary N) is 1. The number of methoxy groups -OCH3 is 1. The molecular formula is C35H43FN2O6. The van der Waals surface area contributed by atoms with Crippen LogP contribution in [0.1, 0.15) is 69.1 Å². The van der Waals surface area contributed by atoms with Crippen LogP contribution in [0.15, 0.2) is 47.4 Å². The molecule has 0 saturated heterocycles. The normalized spacial score (nSPS) is 19.4. The first-order valence-electron chi connectivity index (χ1n) is 15.3. The van der Waals surface area contributed by atoms with Crippen LogP contribution >= 0.6 is 0 Å². The van der Waals surface area contributed by atoms with E-state index in [0.717, 1.165) is 38.5 Å². The first kappa shape index (κ1) is 31.7. The molecule has 2 fully saturated rings. The van der Waals surface area contributed by atoms with E-state index >= 15 is 0 Å². The van der Waals surface area contributed by atoms with Crippen molar-refractivity contribution in [1.29, 1.82) is 0 Å². The number of rotatable bonds is 10. The topological polar surface area (TPSA) is 99.0 Å². The number of ether oxygens (including phenoxy) is 3. The second kappa shape index (κ2) is 12.4. The van der Waals surface area contributed by atoms with E-state index in [1.54, 1.807) is 60.2 Å². The Morgan fingerprint density at radius 2 is 1.70 bits per heavy atom. The molecule has 0 radical (unpaired) electrons. The first-order valence-corrected chi connectivity index (χ1v) is 15.3. The third kappa shape index (κ3) is 6.84. The van der Waals surface area contributed by atoms with Crippen molar-refractivity contribution in [1.82, 2.24) is 9.88 Å². The van der Waals surface area contributed by atoms with Gasteiger partial charge in [0.2, 0.25) is 5.91 Å². The minimum absolute atomic E-state index is 0.0726. The molecule has 2 saturated carbocycles. The van der Waals surface area contributed by atoms with E-state index in [9.17, 15) is 19.1 Å². The Morgan fingerprint density at radius 3 is 2.30 bits per heavy atom. The summed E-state index contributed by atoms with van der Waals surface area (Å²) < 4.78 is 33.7. The van der Waals surface area contributed by atoms with E-state index in [4.69, 9.17) is 14.2 Å². The number of hydrogen-bond donors (Lipinski definition) is 2. The Labute approximate surface area is 258 Å². The highest BCUT2D eigenvalue weighted by Crippen LogP contribution is 2.46. The number of amides is 1. The lowest BCUT2D eigenvalue weighted by molar-refractivity contribution is -0.129. The van der Waals surface area contributed by atoms with Crippen molar-refractivity contribution in [2.75, 3.05) is 13.7 Å². The van der Waals surface area contributed by atoms with Crippen LogP contribution in [0.4, 0.5) is 4.39 Å². The highest BCUT2D eigenvalue weighted by atomic mass is 19.1. The number of carbonyl (C=O) groups excluding carboxylic acids is 1. The molecule has 2 aliphatic rings. The SMILES string of the molecule is COCC1(C(=O)NC2CCC(Oc3cc(=O)n(C)cc3-c3cc(C(C)(C)O)ccc3Oc3c(C)cc(F)cc3C)CC2)CC1. The van der Waals surface area contributed by atoms with Crippen molar-refractivity contribution in [3.8, 4) is 28.4 Å². The van der Waals surface area contributed by atoms with Crippen LogP contribution in [-0.4, -0.2) is 41.4 Å². The van der Waals surface area contributed by atoms with E-state index in [0.29, 0.717) is 51.7 Å². The van der Waals surface area contributed by atoms with Crippen LogP contribution in [0.5, 0.6) is 17.2 Å². The molecule has 0 aliphatic heterocycles. The number of hydrogen-bond acceptors (Lipinski definition) is 6. The predicted octanol–water partition coefficient (Wildman–Crippen LogP) is 6.06. The third-order valence-corrected chi connectivity index (χ3v) is 8.86. The summed E-state index contributed by atoms with van der Waals surface area (Å²) in [5.41, 5.74) is 1.50. The van der Waals surface area contributed by atoms with E-state index in [2.05, 4.69) is 5.32 Å². The number of aryl methyl sites for hydroxylation is 3. The molecule has 1 amide bonds. The molecule has 8 nitrogen and oxygen atoms in total. The molecule has 1 aromatic heterocycles. The molecule has 1 heterocycles. The van der Waals surface area contributed by atoms with E-state index < -0.39 is 5.60 Å². The summed E-state index contributed by atoms with van der Waals surface area (Å²) in [5.74, 6) is 1.17. The molecule has 44 heavy (non-hydrogen) atoms. The Morgan fingerprint density at radius 1 is 1.05 bits per heavy atom. The molecule has 236 valence electrons. The van der Waals surface area contributed by atoms with Gasteiger partial charge in [-0.25, -0.2) is 4.39 Å². The molecule has 0 spiro atoms. The number of benzene rings is 2. The lowest BCUT2D eigenvalue weighted by Gasteiger charge is -2.31. The van der Waals surface area contributed by atoms with Gasteiger partial charge in [-0.05, 0) is 107 Å². The molecule has 0 bridgehead atoms. The predicted molar refractivity (Wildman–Crippen MR) is 167 cm³/mol. The summed E-state index contributed by atoms with van der Waals surface area (Å²) >= 11 is 0. The minimum atomic E-state index is -1.14.